The largest absolute Gasteiger partial charge is 0.466 e. The molecule has 0 fully saturated rings. The Balaban J connectivity index is 2.27. The molecule has 0 radical (unpaired) electrons. The lowest BCUT2D eigenvalue weighted by Gasteiger charge is -2.30. The summed E-state index contributed by atoms with van der Waals surface area (Å²) >= 11 is 0. The molecule has 1 atom stereocenters. The molecule has 0 saturated carbocycles. The number of dihydropyridines is 1. The molecule has 4 nitrogen and oxygen atoms in total. The number of hydrogen-bond donors (Lipinski definition) is 1. The number of nitrogens with one attached hydrogen (secondary N) is 1. The van der Waals surface area contributed by atoms with Crippen LogP contribution in [-0.2, 0) is 20.7 Å². The molecule has 150 valence electrons. The number of rotatable bonds is 4. The van der Waals surface area contributed by atoms with Gasteiger partial charge in [0.05, 0.1) is 24.8 Å². The molecule has 0 spiro atoms. The fraction of sp³-hybridized carbons (Fsp3) is 0.368. The van der Waals surface area contributed by atoms with Gasteiger partial charge in [-0.1, -0.05) is 12.1 Å². The summed E-state index contributed by atoms with van der Waals surface area (Å²) in [5.74, 6) is -3.85. The van der Waals surface area contributed by atoms with Crippen molar-refractivity contribution in [1.29, 1.82) is 0 Å². The first kappa shape index (κ1) is 20.0. The summed E-state index contributed by atoms with van der Waals surface area (Å²) in [5.41, 5.74) is -1.04. The van der Waals surface area contributed by atoms with Crippen LogP contribution in [0, 0.1) is 5.82 Å². The molecule has 1 heterocycles. The summed E-state index contributed by atoms with van der Waals surface area (Å²) in [7, 11) is 1.03. The van der Waals surface area contributed by atoms with E-state index in [1.165, 1.54) is 12.1 Å². The van der Waals surface area contributed by atoms with Crippen LogP contribution in [0.3, 0.4) is 0 Å². The third kappa shape index (κ3) is 3.53. The Morgan fingerprint density at radius 1 is 1.29 bits per heavy atom. The Labute approximate surface area is 157 Å². The van der Waals surface area contributed by atoms with Gasteiger partial charge in [0, 0.05) is 29.2 Å². The lowest BCUT2D eigenvalue weighted by Crippen LogP contribution is -2.32. The maximum atomic E-state index is 14.3. The van der Waals surface area contributed by atoms with Gasteiger partial charge in [-0.25, -0.2) is 13.6 Å². The van der Waals surface area contributed by atoms with Crippen molar-refractivity contribution in [2.75, 3.05) is 13.8 Å². The van der Waals surface area contributed by atoms with Crippen molar-refractivity contribution in [3.05, 3.63) is 57.7 Å². The Bertz CT molecular complexity index is 901. The van der Waals surface area contributed by atoms with Crippen LogP contribution < -0.4 is 5.32 Å². The van der Waals surface area contributed by atoms with Gasteiger partial charge >= 0.3 is 12.1 Å². The Kier molecular flexibility index (Phi) is 5.27. The van der Waals surface area contributed by atoms with Crippen LogP contribution >= 0.6 is 0 Å². The average molecular weight is 401 g/mol. The third-order valence-electron chi connectivity index (χ3n) is 4.81. The molecule has 1 aromatic carbocycles. The number of halogens is 5. The smallest absolute Gasteiger partial charge is 0.393 e. The number of ether oxygens (including phenoxy) is 1. The van der Waals surface area contributed by atoms with Crippen molar-refractivity contribution in [2.24, 2.45) is 0 Å². The van der Waals surface area contributed by atoms with Gasteiger partial charge in [0.15, 0.2) is 5.78 Å². The van der Waals surface area contributed by atoms with E-state index in [1.54, 1.807) is 0 Å². The molecular weight excluding hydrogens is 385 g/mol. The van der Waals surface area contributed by atoms with Crippen LogP contribution in [0.1, 0.15) is 29.9 Å². The number of Topliss-reactive ketones (excluding diaryl/α,β-unsaturated/α-hetero) is 1. The van der Waals surface area contributed by atoms with Crippen molar-refractivity contribution in [1.82, 2.24) is 5.32 Å². The zero-order valence-corrected chi connectivity index (χ0v) is 14.8. The first-order valence-electron chi connectivity index (χ1n) is 8.42. The van der Waals surface area contributed by atoms with E-state index in [2.05, 4.69) is 10.1 Å². The molecule has 0 amide bonds. The molecule has 0 aromatic heterocycles. The van der Waals surface area contributed by atoms with Crippen LogP contribution in [0.2, 0.25) is 0 Å². The van der Waals surface area contributed by atoms with E-state index in [0.717, 1.165) is 13.2 Å². The number of carbonyl (C=O) groups excluding carboxylic acids is 2. The highest BCUT2D eigenvalue weighted by Gasteiger charge is 2.43. The number of carbonyl (C=O) groups is 2. The van der Waals surface area contributed by atoms with Crippen molar-refractivity contribution in [2.45, 2.75) is 31.4 Å². The maximum absolute atomic E-state index is 14.3. The number of methoxy groups -OCH3 is 1. The number of alkyl halides is 4. The Morgan fingerprint density at radius 2 is 2.00 bits per heavy atom. The highest BCUT2D eigenvalue weighted by Crippen LogP contribution is 2.45. The molecule has 1 aromatic rings. The van der Waals surface area contributed by atoms with E-state index in [0.29, 0.717) is 5.70 Å². The normalized spacial score (nSPS) is 19.6. The molecular formula is C19H16F5NO3. The zero-order chi connectivity index (χ0) is 20.6. The van der Waals surface area contributed by atoms with E-state index >= 15 is 0 Å². The second-order valence-corrected chi connectivity index (χ2v) is 6.49. The number of esters is 1. The van der Waals surface area contributed by atoms with Gasteiger partial charge in [-0.15, -0.1) is 0 Å². The number of allylic oxidation sites excluding steroid dienone is 3. The van der Waals surface area contributed by atoms with Gasteiger partial charge in [0.2, 0.25) is 0 Å². The fourth-order valence-electron chi connectivity index (χ4n) is 3.71. The summed E-state index contributed by atoms with van der Waals surface area (Å²) in [6, 6.07) is 3.28. The van der Waals surface area contributed by atoms with Crippen LogP contribution in [0.4, 0.5) is 22.0 Å². The molecule has 2 aliphatic rings. The predicted molar refractivity (Wildman–Crippen MR) is 88.3 cm³/mol. The predicted octanol–water partition coefficient (Wildman–Crippen LogP) is 3.63. The van der Waals surface area contributed by atoms with Crippen molar-refractivity contribution < 1.29 is 36.3 Å². The summed E-state index contributed by atoms with van der Waals surface area (Å²) in [4.78, 5) is 24.8. The van der Waals surface area contributed by atoms with E-state index in [9.17, 15) is 31.5 Å². The SMILES string of the molecule is COC(=O)C1=C(CF)NC2=C(C(=O)CC2)[C@@H]1c1cccc(F)c1CC(F)(F)F. The first-order chi connectivity index (χ1) is 13.2. The van der Waals surface area contributed by atoms with Gasteiger partial charge in [-0.3, -0.25) is 4.79 Å². The van der Waals surface area contributed by atoms with Gasteiger partial charge in [-0.05, 0) is 18.1 Å². The monoisotopic (exact) mass is 401 g/mol. The molecule has 1 aliphatic heterocycles. The molecule has 0 bridgehead atoms. The average Bonchev–Trinajstić information content (AvgIpc) is 3.01. The second-order valence-electron chi connectivity index (χ2n) is 6.49. The van der Waals surface area contributed by atoms with Gasteiger partial charge in [0.25, 0.3) is 0 Å². The molecule has 9 heteroatoms. The Morgan fingerprint density at radius 3 is 2.61 bits per heavy atom. The van der Waals surface area contributed by atoms with E-state index < -0.39 is 48.3 Å². The van der Waals surface area contributed by atoms with Crippen molar-refractivity contribution in [3.8, 4) is 0 Å². The molecule has 0 saturated heterocycles. The standard InChI is InChI=1S/C19H16F5NO3/c1-28-18(27)17-13(8-20)25-12-5-6-14(26)16(12)15(17)9-3-2-4-11(21)10(9)7-19(22,23)24/h2-4,15,25H,5-8H2,1H3/t15-/m0/s1. The van der Waals surface area contributed by atoms with Gasteiger partial charge in [0.1, 0.15) is 12.5 Å². The molecule has 3 rings (SSSR count). The zero-order valence-electron chi connectivity index (χ0n) is 14.8. The van der Waals surface area contributed by atoms with Crippen LogP contribution in [0.15, 0.2) is 40.7 Å². The maximum Gasteiger partial charge on any atom is 0.393 e. The number of hydrogen-bond acceptors (Lipinski definition) is 4. The quantitative estimate of drug-likeness (QED) is 0.619. The molecule has 28 heavy (non-hydrogen) atoms. The topological polar surface area (TPSA) is 55.4 Å². The summed E-state index contributed by atoms with van der Waals surface area (Å²) in [5, 5.41) is 2.69. The third-order valence-corrected chi connectivity index (χ3v) is 4.81. The first-order valence-corrected chi connectivity index (χ1v) is 8.42. The van der Waals surface area contributed by atoms with Gasteiger partial charge in [-0.2, -0.15) is 13.2 Å². The van der Waals surface area contributed by atoms with E-state index in [-0.39, 0.29) is 35.2 Å². The fourth-order valence-corrected chi connectivity index (χ4v) is 3.71. The summed E-state index contributed by atoms with van der Waals surface area (Å²) < 4.78 is 71.8. The molecule has 1 aliphatic carbocycles. The van der Waals surface area contributed by atoms with Crippen LogP contribution in [0.25, 0.3) is 0 Å². The highest BCUT2D eigenvalue weighted by molar-refractivity contribution is 6.05. The number of benzene rings is 1. The summed E-state index contributed by atoms with van der Waals surface area (Å²) in [6.45, 7) is -1.13. The number of ketones is 1. The minimum absolute atomic E-state index is 0.0478. The minimum Gasteiger partial charge on any atom is -0.466 e. The van der Waals surface area contributed by atoms with Crippen LogP contribution in [-0.4, -0.2) is 31.7 Å². The highest BCUT2D eigenvalue weighted by atomic mass is 19.4. The lowest BCUT2D eigenvalue weighted by atomic mass is 9.78. The van der Waals surface area contributed by atoms with E-state index in [4.69, 9.17) is 0 Å². The van der Waals surface area contributed by atoms with Gasteiger partial charge < -0.3 is 10.1 Å². The molecule has 1 N–H and O–H groups in total. The van der Waals surface area contributed by atoms with Crippen molar-refractivity contribution >= 4 is 11.8 Å². The Hall–Kier alpha value is -2.71. The minimum atomic E-state index is -4.72. The van der Waals surface area contributed by atoms with Crippen LogP contribution in [0.5, 0.6) is 0 Å². The lowest BCUT2D eigenvalue weighted by molar-refractivity contribution is -0.136. The summed E-state index contributed by atoms with van der Waals surface area (Å²) in [6.07, 6.45) is -6.02. The second kappa shape index (κ2) is 7.37. The van der Waals surface area contributed by atoms with E-state index in [1.807, 2.05) is 0 Å². The van der Waals surface area contributed by atoms with Crippen molar-refractivity contribution in [3.63, 3.8) is 0 Å². The molecule has 0 unspecified atom stereocenters.